The van der Waals surface area contributed by atoms with Crippen LogP contribution in [-0.4, -0.2) is 11.9 Å². The van der Waals surface area contributed by atoms with Crippen molar-refractivity contribution in [3.8, 4) is 0 Å². The fourth-order valence-corrected chi connectivity index (χ4v) is 2.67. The Morgan fingerprint density at radius 1 is 1.24 bits per heavy atom. The number of hydrogen-bond donors (Lipinski definition) is 1. The average molecular weight is 300 g/mol. The van der Waals surface area contributed by atoms with Crippen molar-refractivity contribution in [2.75, 3.05) is 0 Å². The lowest BCUT2D eigenvalue weighted by Gasteiger charge is -2.22. The normalized spacial score (nSPS) is 16.8. The second-order valence-corrected chi connectivity index (χ2v) is 5.38. The molecule has 1 fully saturated rings. The third-order valence-electron chi connectivity index (χ3n) is 3.07. The van der Waals surface area contributed by atoms with Gasteiger partial charge in [-0.25, -0.2) is 4.39 Å². The molecule has 0 bridgehead atoms. The summed E-state index contributed by atoms with van der Waals surface area (Å²) >= 11 is 3.19. The summed E-state index contributed by atoms with van der Waals surface area (Å²) in [5.74, 6) is -0.578. The molecule has 0 aromatic heterocycles. The standard InChI is InChI=1S/C13H15BrFNO/c14-10-6-9(7-11(15)8-10)13(17)16-12-4-2-1-3-5-12/h6-8,12H,1-5H2,(H,16,17). The molecule has 1 aromatic carbocycles. The van der Waals surface area contributed by atoms with Gasteiger partial charge < -0.3 is 5.32 Å². The Balaban J connectivity index is 2.03. The summed E-state index contributed by atoms with van der Waals surface area (Å²) in [5, 5.41) is 2.96. The van der Waals surface area contributed by atoms with Crippen molar-refractivity contribution in [2.45, 2.75) is 38.1 Å². The van der Waals surface area contributed by atoms with E-state index in [1.807, 2.05) is 0 Å². The second-order valence-electron chi connectivity index (χ2n) is 4.47. The van der Waals surface area contributed by atoms with Crippen LogP contribution in [0.25, 0.3) is 0 Å². The minimum absolute atomic E-state index is 0.183. The first-order valence-corrected chi connectivity index (χ1v) is 6.71. The quantitative estimate of drug-likeness (QED) is 0.887. The number of nitrogens with one attached hydrogen (secondary N) is 1. The minimum Gasteiger partial charge on any atom is -0.349 e. The smallest absolute Gasteiger partial charge is 0.251 e. The fraction of sp³-hybridized carbons (Fsp3) is 0.462. The molecule has 0 saturated heterocycles. The predicted molar refractivity (Wildman–Crippen MR) is 68.4 cm³/mol. The molecule has 4 heteroatoms. The number of amides is 1. The van der Waals surface area contributed by atoms with E-state index in [-0.39, 0.29) is 11.9 Å². The van der Waals surface area contributed by atoms with E-state index in [0.29, 0.717) is 10.0 Å². The van der Waals surface area contributed by atoms with Gasteiger partial charge in [0.1, 0.15) is 5.82 Å². The first kappa shape index (κ1) is 12.6. The highest BCUT2D eigenvalue weighted by atomic mass is 79.9. The van der Waals surface area contributed by atoms with Crippen molar-refractivity contribution in [1.82, 2.24) is 5.32 Å². The van der Waals surface area contributed by atoms with Gasteiger partial charge in [-0.2, -0.15) is 0 Å². The Bertz CT molecular complexity index is 396. The molecular weight excluding hydrogens is 285 g/mol. The van der Waals surface area contributed by atoms with E-state index in [2.05, 4.69) is 21.2 Å². The minimum atomic E-state index is -0.395. The van der Waals surface area contributed by atoms with Gasteiger partial charge in [0.05, 0.1) is 0 Å². The third-order valence-corrected chi connectivity index (χ3v) is 3.52. The largest absolute Gasteiger partial charge is 0.349 e. The van der Waals surface area contributed by atoms with Crippen LogP contribution >= 0.6 is 15.9 Å². The van der Waals surface area contributed by atoms with Crippen LogP contribution < -0.4 is 5.32 Å². The van der Waals surface area contributed by atoms with E-state index in [1.165, 1.54) is 18.6 Å². The maximum absolute atomic E-state index is 13.2. The lowest BCUT2D eigenvalue weighted by atomic mass is 9.95. The van der Waals surface area contributed by atoms with Crippen LogP contribution in [0.1, 0.15) is 42.5 Å². The van der Waals surface area contributed by atoms with Crippen LogP contribution in [0, 0.1) is 5.82 Å². The number of rotatable bonds is 2. The van der Waals surface area contributed by atoms with Gasteiger partial charge in [0.15, 0.2) is 0 Å². The second kappa shape index (κ2) is 5.63. The molecule has 2 nitrogen and oxygen atoms in total. The monoisotopic (exact) mass is 299 g/mol. The Hall–Kier alpha value is -0.900. The zero-order valence-corrected chi connectivity index (χ0v) is 11.1. The maximum atomic E-state index is 13.2. The molecule has 1 saturated carbocycles. The fourth-order valence-electron chi connectivity index (χ4n) is 2.20. The molecular formula is C13H15BrFNO. The van der Waals surface area contributed by atoms with Crippen LogP contribution in [0.5, 0.6) is 0 Å². The van der Waals surface area contributed by atoms with Crippen LogP contribution in [-0.2, 0) is 0 Å². The van der Waals surface area contributed by atoms with Crippen LogP contribution in [0.2, 0.25) is 0 Å². The zero-order valence-electron chi connectivity index (χ0n) is 9.51. The number of carbonyl (C=O) groups is 1. The Kier molecular flexibility index (Phi) is 4.15. The van der Waals surface area contributed by atoms with E-state index < -0.39 is 5.82 Å². The van der Waals surface area contributed by atoms with E-state index in [4.69, 9.17) is 0 Å². The van der Waals surface area contributed by atoms with E-state index in [9.17, 15) is 9.18 Å². The number of benzene rings is 1. The molecule has 1 aliphatic carbocycles. The molecule has 1 N–H and O–H groups in total. The van der Waals surface area contributed by atoms with Gasteiger partial charge in [-0.05, 0) is 31.0 Å². The lowest BCUT2D eigenvalue weighted by Crippen LogP contribution is -2.36. The number of hydrogen-bond acceptors (Lipinski definition) is 1. The summed E-state index contributed by atoms with van der Waals surface area (Å²) < 4.78 is 13.7. The summed E-state index contributed by atoms with van der Waals surface area (Å²) in [6, 6.07) is 4.50. The van der Waals surface area contributed by atoms with Gasteiger partial charge >= 0.3 is 0 Å². The van der Waals surface area contributed by atoms with E-state index in [1.54, 1.807) is 6.07 Å². The molecule has 1 aromatic rings. The molecule has 0 radical (unpaired) electrons. The lowest BCUT2D eigenvalue weighted by molar-refractivity contribution is 0.0927. The van der Waals surface area contributed by atoms with E-state index >= 15 is 0 Å². The van der Waals surface area contributed by atoms with Crippen molar-refractivity contribution in [2.24, 2.45) is 0 Å². The molecule has 1 amide bonds. The molecule has 0 heterocycles. The summed E-state index contributed by atoms with van der Waals surface area (Å²) in [4.78, 5) is 11.9. The summed E-state index contributed by atoms with van der Waals surface area (Å²) in [6.45, 7) is 0. The molecule has 0 spiro atoms. The van der Waals surface area contributed by atoms with Crippen molar-refractivity contribution >= 4 is 21.8 Å². The van der Waals surface area contributed by atoms with Crippen molar-refractivity contribution in [3.05, 3.63) is 34.1 Å². The predicted octanol–water partition coefficient (Wildman–Crippen LogP) is 3.65. The van der Waals surface area contributed by atoms with Crippen LogP contribution in [0.3, 0.4) is 0 Å². The topological polar surface area (TPSA) is 29.1 Å². The highest BCUT2D eigenvalue weighted by Gasteiger charge is 2.17. The first-order chi connectivity index (χ1) is 8.15. The summed E-state index contributed by atoms with van der Waals surface area (Å²) in [7, 11) is 0. The molecule has 0 aliphatic heterocycles. The molecule has 17 heavy (non-hydrogen) atoms. The molecule has 2 rings (SSSR count). The van der Waals surface area contributed by atoms with Crippen LogP contribution in [0.4, 0.5) is 4.39 Å². The van der Waals surface area contributed by atoms with Crippen molar-refractivity contribution < 1.29 is 9.18 Å². The van der Waals surface area contributed by atoms with Crippen molar-refractivity contribution in [3.63, 3.8) is 0 Å². The van der Waals surface area contributed by atoms with Gasteiger partial charge in [0, 0.05) is 16.1 Å². The van der Waals surface area contributed by atoms with Gasteiger partial charge in [0.25, 0.3) is 5.91 Å². The highest BCUT2D eigenvalue weighted by Crippen LogP contribution is 2.19. The Labute approximate surface area is 109 Å². The van der Waals surface area contributed by atoms with E-state index in [0.717, 1.165) is 25.7 Å². The first-order valence-electron chi connectivity index (χ1n) is 5.92. The molecule has 0 unspecified atom stereocenters. The summed E-state index contributed by atoms with van der Waals surface area (Å²) in [5.41, 5.74) is 0.377. The third kappa shape index (κ3) is 3.53. The number of halogens is 2. The molecule has 0 atom stereocenters. The van der Waals surface area contributed by atoms with Gasteiger partial charge in [0.2, 0.25) is 0 Å². The maximum Gasteiger partial charge on any atom is 0.251 e. The van der Waals surface area contributed by atoms with Gasteiger partial charge in [-0.15, -0.1) is 0 Å². The zero-order chi connectivity index (χ0) is 12.3. The Morgan fingerprint density at radius 3 is 2.59 bits per heavy atom. The number of carbonyl (C=O) groups excluding carboxylic acids is 1. The molecule has 1 aliphatic rings. The van der Waals surface area contributed by atoms with Crippen LogP contribution in [0.15, 0.2) is 22.7 Å². The SMILES string of the molecule is O=C(NC1CCCCC1)c1cc(F)cc(Br)c1. The average Bonchev–Trinajstić information content (AvgIpc) is 2.29. The van der Waals surface area contributed by atoms with Crippen molar-refractivity contribution in [1.29, 1.82) is 0 Å². The van der Waals surface area contributed by atoms with Gasteiger partial charge in [-0.3, -0.25) is 4.79 Å². The molecule has 92 valence electrons. The van der Waals surface area contributed by atoms with Gasteiger partial charge in [-0.1, -0.05) is 35.2 Å². The highest BCUT2D eigenvalue weighted by molar-refractivity contribution is 9.10. The summed E-state index contributed by atoms with van der Waals surface area (Å²) in [6.07, 6.45) is 5.64. The Morgan fingerprint density at radius 2 is 1.94 bits per heavy atom.